The van der Waals surface area contributed by atoms with E-state index < -0.39 is 0 Å². The summed E-state index contributed by atoms with van der Waals surface area (Å²) in [7, 11) is 0. The van der Waals surface area contributed by atoms with Crippen molar-refractivity contribution in [3.8, 4) is 22.4 Å². The molecule has 4 aromatic rings. The van der Waals surface area contributed by atoms with Crippen LogP contribution in [-0.4, -0.2) is 59.9 Å². The minimum atomic E-state index is -0.157. The number of H-pyrrole nitrogens is 1. The summed E-state index contributed by atoms with van der Waals surface area (Å²) in [5.41, 5.74) is 4.77. The molecule has 3 aliphatic rings. The molecule has 8 heteroatoms. The van der Waals surface area contributed by atoms with E-state index in [9.17, 15) is 4.79 Å². The molecular weight excluding hydrogens is 450 g/mol. The molecule has 36 heavy (non-hydrogen) atoms. The molecule has 0 unspecified atom stereocenters. The fraction of sp³-hybridized carbons (Fsp3) is 0.464. The first kappa shape index (κ1) is 21.9. The largest absolute Gasteiger partial charge is 0.360 e. The smallest absolute Gasteiger partial charge is 0.255 e. The van der Waals surface area contributed by atoms with Crippen molar-refractivity contribution in [1.29, 1.82) is 0 Å². The third-order valence-electron chi connectivity index (χ3n) is 8.14. The molecule has 7 rings (SSSR count). The highest BCUT2D eigenvalue weighted by Crippen LogP contribution is 2.37. The topological polar surface area (TPSA) is 75.0 Å². The zero-order valence-corrected chi connectivity index (χ0v) is 21.4. The molecule has 8 nitrogen and oxygen atoms in total. The van der Waals surface area contributed by atoms with Crippen LogP contribution >= 0.6 is 0 Å². The predicted molar refractivity (Wildman–Crippen MR) is 142 cm³/mol. The van der Waals surface area contributed by atoms with Crippen LogP contribution in [0.3, 0.4) is 0 Å². The highest BCUT2D eigenvalue weighted by molar-refractivity contribution is 5.97. The van der Waals surface area contributed by atoms with Crippen LogP contribution in [0.4, 0.5) is 5.95 Å². The summed E-state index contributed by atoms with van der Waals surface area (Å²) < 4.78 is 3.94. The number of benzene rings is 1. The normalized spacial score (nSPS) is 19.9. The molecule has 2 fully saturated rings. The number of rotatable bonds is 5. The van der Waals surface area contributed by atoms with E-state index >= 15 is 0 Å². The quantitative estimate of drug-likeness (QED) is 0.459. The molecule has 5 heterocycles. The van der Waals surface area contributed by atoms with E-state index in [0.717, 1.165) is 52.7 Å². The first-order chi connectivity index (χ1) is 17.3. The number of fused-ring (bicyclic) bond motifs is 2. The summed E-state index contributed by atoms with van der Waals surface area (Å²) >= 11 is 0. The predicted octanol–water partition coefficient (Wildman–Crippen LogP) is 4.28. The Morgan fingerprint density at radius 1 is 1.08 bits per heavy atom. The van der Waals surface area contributed by atoms with Crippen LogP contribution in [0.2, 0.25) is 0 Å². The van der Waals surface area contributed by atoms with Gasteiger partial charge in [0.2, 0.25) is 5.95 Å². The maximum atomic E-state index is 13.1. The maximum Gasteiger partial charge on any atom is 0.255 e. The Kier molecular flexibility index (Phi) is 4.59. The van der Waals surface area contributed by atoms with Crippen LogP contribution in [0.15, 0.2) is 47.7 Å². The van der Waals surface area contributed by atoms with Gasteiger partial charge in [0.1, 0.15) is 0 Å². The van der Waals surface area contributed by atoms with Gasteiger partial charge >= 0.3 is 0 Å². The van der Waals surface area contributed by atoms with Crippen molar-refractivity contribution in [2.24, 2.45) is 0 Å². The zero-order chi connectivity index (χ0) is 24.8. The van der Waals surface area contributed by atoms with Gasteiger partial charge in [0.15, 0.2) is 0 Å². The van der Waals surface area contributed by atoms with Crippen LogP contribution in [0.25, 0.3) is 33.3 Å². The van der Waals surface area contributed by atoms with E-state index in [0.29, 0.717) is 18.3 Å². The first-order valence-corrected chi connectivity index (χ1v) is 13.1. The Hall–Kier alpha value is -3.39. The van der Waals surface area contributed by atoms with Crippen LogP contribution < -0.4 is 10.5 Å². The lowest BCUT2D eigenvalue weighted by Gasteiger charge is -2.39. The highest BCUT2D eigenvalue weighted by atomic mass is 16.1. The fourth-order valence-electron chi connectivity index (χ4n) is 6.22. The molecule has 3 aromatic heterocycles. The number of anilines is 1. The molecule has 186 valence electrons. The molecular formula is C28H33N7O. The second-order valence-electron chi connectivity index (χ2n) is 11.7. The number of hydrogen-bond donors (Lipinski definition) is 1. The number of aromatic amines is 1. The first-order valence-electron chi connectivity index (χ1n) is 13.1. The summed E-state index contributed by atoms with van der Waals surface area (Å²) in [6.07, 6.45) is 8.82. The van der Waals surface area contributed by atoms with Gasteiger partial charge in [0.25, 0.3) is 5.56 Å². The molecule has 1 N–H and O–H groups in total. The van der Waals surface area contributed by atoms with Gasteiger partial charge in [0, 0.05) is 65.7 Å². The van der Waals surface area contributed by atoms with Gasteiger partial charge in [-0.2, -0.15) is 5.10 Å². The lowest BCUT2D eigenvalue weighted by Crippen LogP contribution is -2.48. The van der Waals surface area contributed by atoms with Crippen LogP contribution in [0.1, 0.15) is 46.6 Å². The molecule has 1 aromatic carbocycles. The second-order valence-corrected chi connectivity index (χ2v) is 11.7. The summed E-state index contributed by atoms with van der Waals surface area (Å²) in [6.45, 7) is 11.5. The fourth-order valence-corrected chi connectivity index (χ4v) is 6.22. The van der Waals surface area contributed by atoms with Gasteiger partial charge in [-0.05, 0) is 58.2 Å². The Morgan fingerprint density at radius 2 is 1.89 bits per heavy atom. The van der Waals surface area contributed by atoms with Crippen molar-refractivity contribution in [2.45, 2.75) is 70.7 Å². The molecule has 0 radical (unpaired) electrons. The lowest BCUT2D eigenvalue weighted by molar-refractivity contribution is 0.0903. The van der Waals surface area contributed by atoms with Crippen LogP contribution in [-0.2, 0) is 6.54 Å². The average molecular weight is 484 g/mol. The minimum Gasteiger partial charge on any atom is -0.360 e. The molecule has 1 saturated carbocycles. The average Bonchev–Trinajstić information content (AvgIpc) is 3.23. The maximum absolute atomic E-state index is 13.1. The monoisotopic (exact) mass is 483 g/mol. The molecule has 2 aliphatic heterocycles. The van der Waals surface area contributed by atoms with Crippen molar-refractivity contribution in [2.75, 3.05) is 18.0 Å². The summed E-state index contributed by atoms with van der Waals surface area (Å²) in [4.78, 5) is 26.4. The van der Waals surface area contributed by atoms with Crippen molar-refractivity contribution >= 4 is 16.9 Å². The zero-order valence-electron chi connectivity index (χ0n) is 21.4. The number of nitrogens with zero attached hydrogens (tertiary/aromatic N) is 6. The third kappa shape index (κ3) is 3.34. The minimum absolute atomic E-state index is 0.00116. The second kappa shape index (κ2) is 7.56. The van der Waals surface area contributed by atoms with E-state index in [2.05, 4.69) is 76.7 Å². The van der Waals surface area contributed by atoms with E-state index in [1.165, 1.54) is 12.8 Å². The molecule has 1 aliphatic carbocycles. The number of nitrogens with one attached hydrogen (secondary N) is 1. The van der Waals surface area contributed by atoms with Crippen LogP contribution in [0, 0.1) is 0 Å². The molecule has 0 atom stereocenters. The Balaban J connectivity index is 1.24. The van der Waals surface area contributed by atoms with E-state index in [-0.39, 0.29) is 17.1 Å². The number of likely N-dealkylation sites (tertiary alicyclic amines) is 1. The highest BCUT2D eigenvalue weighted by Gasteiger charge is 2.40. The number of hydrogen-bond acceptors (Lipinski definition) is 5. The molecule has 0 amide bonds. The molecule has 0 bridgehead atoms. The van der Waals surface area contributed by atoms with Gasteiger partial charge in [-0.3, -0.25) is 18.9 Å². The van der Waals surface area contributed by atoms with Gasteiger partial charge < -0.3 is 9.88 Å². The lowest BCUT2D eigenvalue weighted by atomic mass is 10.0. The summed E-state index contributed by atoms with van der Waals surface area (Å²) in [5.74, 6) is 0.755. The van der Waals surface area contributed by atoms with E-state index in [4.69, 9.17) is 4.98 Å². The van der Waals surface area contributed by atoms with Crippen molar-refractivity contribution in [1.82, 2.24) is 29.2 Å². The van der Waals surface area contributed by atoms with Crippen molar-refractivity contribution in [3.63, 3.8) is 0 Å². The summed E-state index contributed by atoms with van der Waals surface area (Å²) in [5, 5.41) is 5.75. The van der Waals surface area contributed by atoms with Gasteiger partial charge in [0.05, 0.1) is 30.0 Å². The molecule has 0 spiro atoms. The van der Waals surface area contributed by atoms with E-state index in [1.807, 2.05) is 17.0 Å². The van der Waals surface area contributed by atoms with Crippen molar-refractivity contribution < 1.29 is 0 Å². The van der Waals surface area contributed by atoms with Gasteiger partial charge in [-0.15, -0.1) is 0 Å². The standard InChI is InChI=1S/C28H33N7O/c1-17(2)35-27-31-25(10-26(36)33(27)16-28(35,3)4)23-12-29-24-8-5-18(9-22(23)24)19-11-30-34(13-19)21-14-32(15-21)20-6-7-20/h5,8-13,17,20-21,29H,6-7,14-16H2,1-4H3. The Morgan fingerprint density at radius 3 is 2.64 bits per heavy atom. The molecule has 1 saturated heterocycles. The van der Waals surface area contributed by atoms with Gasteiger partial charge in [-0.25, -0.2) is 4.98 Å². The van der Waals surface area contributed by atoms with Crippen molar-refractivity contribution in [3.05, 3.63) is 53.2 Å². The Bertz CT molecular complexity index is 1530. The SMILES string of the molecule is CC(C)N1c2nc(-c3c[nH]c4ccc(-c5cnn(C6CN(C7CC7)C6)c5)cc34)cc(=O)n2CC1(C)C. The number of aromatic nitrogens is 5. The Labute approximate surface area is 210 Å². The third-order valence-corrected chi connectivity index (χ3v) is 8.14. The van der Waals surface area contributed by atoms with Gasteiger partial charge in [-0.1, -0.05) is 6.07 Å². The van der Waals surface area contributed by atoms with E-state index in [1.54, 1.807) is 6.07 Å². The van der Waals surface area contributed by atoms with Crippen LogP contribution in [0.5, 0.6) is 0 Å². The summed E-state index contributed by atoms with van der Waals surface area (Å²) in [6, 6.07) is 9.65.